The SMILES string of the molecule is CCCc1[nH]nc(C(=O)N(C)CCC(N)C(C)C)c1[N+](=O)[O-]. The maximum atomic E-state index is 12.4. The second kappa shape index (κ2) is 7.88. The first kappa shape index (κ1) is 18.1. The highest BCUT2D eigenvalue weighted by molar-refractivity contribution is 5.96. The van der Waals surface area contributed by atoms with E-state index < -0.39 is 10.8 Å². The van der Waals surface area contributed by atoms with E-state index in [9.17, 15) is 14.9 Å². The van der Waals surface area contributed by atoms with Crippen molar-refractivity contribution in [1.82, 2.24) is 15.1 Å². The third-order valence-corrected chi connectivity index (χ3v) is 3.70. The minimum atomic E-state index is -0.546. The summed E-state index contributed by atoms with van der Waals surface area (Å²) in [5.74, 6) is -0.138. The van der Waals surface area contributed by atoms with Gasteiger partial charge in [0.1, 0.15) is 5.69 Å². The van der Waals surface area contributed by atoms with Crippen LogP contribution in [0.2, 0.25) is 0 Å². The fourth-order valence-corrected chi connectivity index (χ4v) is 2.10. The van der Waals surface area contributed by atoms with Gasteiger partial charge in [0.05, 0.1) is 4.92 Å². The van der Waals surface area contributed by atoms with Crippen molar-refractivity contribution in [2.45, 2.75) is 46.1 Å². The number of aryl methyl sites for hydroxylation is 1. The Kier molecular flexibility index (Phi) is 6.48. The van der Waals surface area contributed by atoms with Crippen LogP contribution in [-0.2, 0) is 6.42 Å². The monoisotopic (exact) mass is 311 g/mol. The number of hydrogen-bond acceptors (Lipinski definition) is 5. The highest BCUT2D eigenvalue weighted by atomic mass is 16.6. The average molecular weight is 311 g/mol. The molecule has 0 aliphatic rings. The molecule has 8 heteroatoms. The van der Waals surface area contributed by atoms with Gasteiger partial charge in [-0.15, -0.1) is 0 Å². The first-order valence-corrected chi connectivity index (χ1v) is 7.52. The lowest BCUT2D eigenvalue weighted by Crippen LogP contribution is -2.35. The van der Waals surface area contributed by atoms with Crippen LogP contribution in [0.15, 0.2) is 0 Å². The fraction of sp³-hybridized carbons (Fsp3) is 0.714. The molecule has 0 spiro atoms. The third kappa shape index (κ3) is 4.27. The Hall–Kier alpha value is -1.96. The normalized spacial score (nSPS) is 12.5. The first-order valence-electron chi connectivity index (χ1n) is 7.52. The molecule has 1 heterocycles. The molecule has 0 bridgehead atoms. The molecule has 0 aliphatic heterocycles. The zero-order chi connectivity index (χ0) is 16.9. The van der Waals surface area contributed by atoms with Gasteiger partial charge >= 0.3 is 5.69 Å². The lowest BCUT2D eigenvalue weighted by molar-refractivity contribution is -0.385. The molecule has 3 N–H and O–H groups in total. The largest absolute Gasteiger partial charge is 0.340 e. The lowest BCUT2D eigenvalue weighted by atomic mass is 10.0. The van der Waals surface area contributed by atoms with Crippen molar-refractivity contribution in [1.29, 1.82) is 0 Å². The minimum absolute atomic E-state index is 0.0138. The summed E-state index contributed by atoms with van der Waals surface area (Å²) < 4.78 is 0. The van der Waals surface area contributed by atoms with Crippen molar-refractivity contribution in [3.05, 3.63) is 21.5 Å². The zero-order valence-electron chi connectivity index (χ0n) is 13.6. The van der Waals surface area contributed by atoms with Crippen LogP contribution in [0.3, 0.4) is 0 Å². The number of nitro groups is 1. The molecule has 0 fully saturated rings. The van der Waals surface area contributed by atoms with Gasteiger partial charge in [-0.1, -0.05) is 27.2 Å². The predicted molar refractivity (Wildman–Crippen MR) is 83.6 cm³/mol. The van der Waals surface area contributed by atoms with Gasteiger partial charge in [0, 0.05) is 19.6 Å². The van der Waals surface area contributed by atoms with Crippen LogP contribution in [0.5, 0.6) is 0 Å². The minimum Gasteiger partial charge on any atom is -0.340 e. The number of nitrogens with two attached hydrogens (primary N) is 1. The van der Waals surface area contributed by atoms with Crippen molar-refractivity contribution >= 4 is 11.6 Å². The number of nitrogens with zero attached hydrogens (tertiary/aromatic N) is 3. The van der Waals surface area contributed by atoms with Crippen molar-refractivity contribution < 1.29 is 9.72 Å². The number of rotatable bonds is 8. The number of H-pyrrole nitrogens is 1. The van der Waals surface area contributed by atoms with Gasteiger partial charge in [0.25, 0.3) is 5.91 Å². The summed E-state index contributed by atoms with van der Waals surface area (Å²) in [7, 11) is 1.60. The zero-order valence-corrected chi connectivity index (χ0v) is 13.6. The van der Waals surface area contributed by atoms with Gasteiger partial charge < -0.3 is 10.6 Å². The van der Waals surface area contributed by atoms with Crippen LogP contribution in [0, 0.1) is 16.0 Å². The predicted octanol–water partition coefficient (Wildman–Crippen LogP) is 1.72. The first-order chi connectivity index (χ1) is 10.3. The third-order valence-electron chi connectivity index (χ3n) is 3.70. The van der Waals surface area contributed by atoms with Crippen molar-refractivity contribution in [3.63, 3.8) is 0 Å². The molecule has 8 nitrogen and oxygen atoms in total. The molecular formula is C14H25N5O3. The average Bonchev–Trinajstić information content (AvgIpc) is 2.87. The lowest BCUT2D eigenvalue weighted by Gasteiger charge is -2.20. The fourth-order valence-electron chi connectivity index (χ4n) is 2.10. The van der Waals surface area contributed by atoms with Crippen LogP contribution < -0.4 is 5.73 Å². The van der Waals surface area contributed by atoms with E-state index in [0.717, 1.165) is 6.42 Å². The topological polar surface area (TPSA) is 118 Å². The molecule has 1 aromatic rings. The van der Waals surface area contributed by atoms with Gasteiger partial charge in [-0.05, 0) is 18.8 Å². The van der Waals surface area contributed by atoms with Crippen molar-refractivity contribution in [2.24, 2.45) is 11.7 Å². The van der Waals surface area contributed by atoms with Crippen LogP contribution in [-0.4, -0.2) is 45.6 Å². The molecular weight excluding hydrogens is 286 g/mol. The van der Waals surface area contributed by atoms with E-state index in [4.69, 9.17) is 5.73 Å². The highest BCUT2D eigenvalue weighted by Gasteiger charge is 2.30. The molecule has 1 aromatic heterocycles. The van der Waals surface area contributed by atoms with E-state index in [1.165, 1.54) is 4.90 Å². The quantitative estimate of drug-likeness (QED) is 0.559. The van der Waals surface area contributed by atoms with Crippen molar-refractivity contribution in [2.75, 3.05) is 13.6 Å². The Morgan fingerprint density at radius 2 is 2.14 bits per heavy atom. The smallest absolute Gasteiger partial charge is 0.322 e. The molecule has 1 atom stereocenters. The molecule has 0 saturated carbocycles. The number of aromatic amines is 1. The van der Waals surface area contributed by atoms with E-state index in [-0.39, 0.29) is 17.4 Å². The Morgan fingerprint density at radius 3 is 2.64 bits per heavy atom. The van der Waals surface area contributed by atoms with E-state index in [1.54, 1.807) is 7.05 Å². The summed E-state index contributed by atoms with van der Waals surface area (Å²) in [6, 6.07) is -0.0138. The van der Waals surface area contributed by atoms with Gasteiger partial charge in [0.15, 0.2) is 0 Å². The van der Waals surface area contributed by atoms with E-state index in [0.29, 0.717) is 31.0 Å². The van der Waals surface area contributed by atoms with E-state index in [2.05, 4.69) is 10.2 Å². The number of nitrogens with one attached hydrogen (secondary N) is 1. The van der Waals surface area contributed by atoms with Crippen molar-refractivity contribution in [3.8, 4) is 0 Å². The summed E-state index contributed by atoms with van der Waals surface area (Å²) >= 11 is 0. The van der Waals surface area contributed by atoms with Crippen LogP contribution in [0.25, 0.3) is 0 Å². The van der Waals surface area contributed by atoms with E-state index >= 15 is 0 Å². The molecule has 0 aromatic carbocycles. The molecule has 1 amide bonds. The van der Waals surface area contributed by atoms with Crippen LogP contribution >= 0.6 is 0 Å². The van der Waals surface area contributed by atoms with Gasteiger partial charge in [-0.25, -0.2) is 0 Å². The Labute approximate surface area is 130 Å². The second-order valence-corrected chi connectivity index (χ2v) is 5.83. The summed E-state index contributed by atoms with van der Waals surface area (Å²) in [5, 5.41) is 17.7. The van der Waals surface area contributed by atoms with E-state index in [1.807, 2.05) is 20.8 Å². The van der Waals surface area contributed by atoms with Gasteiger partial charge in [0.2, 0.25) is 5.69 Å². The summed E-state index contributed by atoms with van der Waals surface area (Å²) in [5.41, 5.74) is 6.00. The molecule has 0 aliphatic carbocycles. The Morgan fingerprint density at radius 1 is 1.50 bits per heavy atom. The standard InChI is InChI=1S/C14H25N5O3/c1-5-6-11-13(19(21)22)12(17-16-11)14(20)18(4)8-7-10(15)9(2)3/h9-10H,5-8,15H2,1-4H3,(H,16,17). The number of carbonyl (C=O) groups is 1. The summed E-state index contributed by atoms with van der Waals surface area (Å²) in [6.45, 7) is 6.38. The molecule has 1 unspecified atom stereocenters. The molecule has 22 heavy (non-hydrogen) atoms. The van der Waals surface area contributed by atoms with Gasteiger partial charge in [-0.2, -0.15) is 5.10 Å². The maximum Gasteiger partial charge on any atom is 0.322 e. The molecule has 0 radical (unpaired) electrons. The number of carbonyl (C=O) groups excluding carboxylic acids is 1. The second-order valence-electron chi connectivity index (χ2n) is 5.83. The molecule has 124 valence electrons. The Balaban J connectivity index is 2.86. The number of hydrogen-bond donors (Lipinski definition) is 2. The maximum absolute atomic E-state index is 12.4. The molecule has 1 rings (SSSR count). The number of amides is 1. The van der Waals surface area contributed by atoms with Crippen LogP contribution in [0.4, 0.5) is 5.69 Å². The highest BCUT2D eigenvalue weighted by Crippen LogP contribution is 2.23. The summed E-state index contributed by atoms with van der Waals surface area (Å²) in [4.78, 5) is 24.5. The van der Waals surface area contributed by atoms with Crippen LogP contribution in [0.1, 0.15) is 49.8 Å². The number of aromatic nitrogens is 2. The van der Waals surface area contributed by atoms with Gasteiger partial charge in [-0.3, -0.25) is 20.0 Å². The molecule has 0 saturated heterocycles. The summed E-state index contributed by atoms with van der Waals surface area (Å²) in [6.07, 6.45) is 1.86. The Bertz CT molecular complexity index is 527.